The summed E-state index contributed by atoms with van der Waals surface area (Å²) < 4.78 is 6.29. The second-order valence-electron chi connectivity index (χ2n) is 3.10. The number of aliphatic hydroxyl groups is 1. The maximum atomic E-state index is 8.79. The highest BCUT2D eigenvalue weighted by Crippen LogP contribution is 2.35. The van der Waals surface area contributed by atoms with Crippen molar-refractivity contribution >= 4 is 38.4 Å². The molecule has 1 aromatic heterocycles. The minimum Gasteiger partial charge on any atom is -0.494 e. The molecule has 86 valence electrons. The lowest BCUT2D eigenvalue weighted by atomic mass is 10.3. The van der Waals surface area contributed by atoms with Crippen molar-refractivity contribution in [1.82, 2.24) is 4.98 Å². The molecule has 0 aliphatic rings. The number of aromatic nitrogens is 1. The van der Waals surface area contributed by atoms with E-state index >= 15 is 0 Å². The molecule has 2 rings (SSSR count). The summed E-state index contributed by atoms with van der Waals surface area (Å²) in [5.74, 6) is 1.40. The van der Waals surface area contributed by atoms with Crippen LogP contribution in [0.2, 0.25) is 0 Å². The van der Waals surface area contributed by atoms with Crippen molar-refractivity contribution in [2.24, 2.45) is 0 Å². The van der Waals surface area contributed by atoms with Crippen molar-refractivity contribution in [3.8, 4) is 5.75 Å². The Bertz CT molecular complexity index is 499. The van der Waals surface area contributed by atoms with Gasteiger partial charge in [0.2, 0.25) is 0 Å². The molecule has 0 spiro atoms. The van der Waals surface area contributed by atoms with Crippen molar-refractivity contribution in [3.63, 3.8) is 0 Å². The predicted octanol–water partition coefficient (Wildman–Crippen LogP) is 1.97. The lowest BCUT2D eigenvalue weighted by Gasteiger charge is -2.04. The van der Waals surface area contributed by atoms with E-state index in [-0.39, 0.29) is 6.61 Å². The second kappa shape index (κ2) is 4.90. The molecule has 3 N–H and O–H groups in total. The van der Waals surface area contributed by atoms with Gasteiger partial charge in [-0.05, 0) is 12.1 Å². The van der Waals surface area contributed by atoms with E-state index in [1.165, 1.54) is 11.3 Å². The maximum Gasteiger partial charge on any atom is 0.181 e. The van der Waals surface area contributed by atoms with Crippen LogP contribution in [-0.4, -0.2) is 29.6 Å². The molecular formula is C10H12N2O2S2. The van der Waals surface area contributed by atoms with Crippen LogP contribution in [-0.2, 0) is 0 Å². The lowest BCUT2D eigenvalue weighted by Crippen LogP contribution is -1.88. The molecule has 2 aromatic rings. The summed E-state index contributed by atoms with van der Waals surface area (Å²) in [6, 6.07) is 3.94. The largest absolute Gasteiger partial charge is 0.494 e. The molecule has 0 aliphatic heterocycles. The van der Waals surface area contributed by atoms with Gasteiger partial charge in [0, 0.05) is 10.6 Å². The van der Waals surface area contributed by atoms with Crippen LogP contribution in [0, 0.1) is 0 Å². The fourth-order valence-corrected chi connectivity index (χ4v) is 2.98. The van der Waals surface area contributed by atoms with E-state index in [0.29, 0.717) is 10.9 Å². The van der Waals surface area contributed by atoms with Gasteiger partial charge < -0.3 is 15.6 Å². The summed E-state index contributed by atoms with van der Waals surface area (Å²) in [4.78, 5) is 5.28. The Morgan fingerprint density at radius 1 is 1.56 bits per heavy atom. The molecule has 1 aromatic carbocycles. The highest BCUT2D eigenvalue weighted by atomic mass is 32.2. The number of hydrogen-bond acceptors (Lipinski definition) is 6. The van der Waals surface area contributed by atoms with E-state index < -0.39 is 0 Å². The summed E-state index contributed by atoms with van der Waals surface area (Å²) in [6.07, 6.45) is 0. The van der Waals surface area contributed by atoms with Gasteiger partial charge in [-0.3, -0.25) is 0 Å². The number of nitrogens with two attached hydrogens (primary N) is 1. The Hall–Kier alpha value is -0.980. The molecule has 0 radical (unpaired) electrons. The molecule has 4 nitrogen and oxygen atoms in total. The number of nitrogens with zero attached hydrogens (tertiary/aromatic N) is 1. The number of fused-ring (bicyclic) bond motifs is 1. The average Bonchev–Trinajstić information content (AvgIpc) is 2.65. The third-order valence-corrected chi connectivity index (χ3v) is 3.82. The Labute approximate surface area is 101 Å². The van der Waals surface area contributed by atoms with Gasteiger partial charge in [-0.2, -0.15) is 0 Å². The topological polar surface area (TPSA) is 68.4 Å². The average molecular weight is 256 g/mol. The minimum absolute atomic E-state index is 0.163. The molecule has 0 fully saturated rings. The van der Waals surface area contributed by atoms with E-state index in [2.05, 4.69) is 4.98 Å². The first-order valence-electron chi connectivity index (χ1n) is 4.72. The normalized spacial score (nSPS) is 10.9. The molecule has 6 heteroatoms. The molecule has 0 atom stereocenters. The molecular weight excluding hydrogens is 244 g/mol. The van der Waals surface area contributed by atoms with Crippen LogP contribution >= 0.6 is 23.1 Å². The van der Waals surface area contributed by atoms with Gasteiger partial charge in [0.05, 0.1) is 18.4 Å². The second-order valence-corrected chi connectivity index (χ2v) is 5.33. The number of thioether (sulfide) groups is 1. The van der Waals surface area contributed by atoms with Crippen LogP contribution in [0.25, 0.3) is 10.2 Å². The Morgan fingerprint density at radius 3 is 3.06 bits per heavy atom. The number of methoxy groups -OCH3 is 1. The number of thiazole rings is 1. The van der Waals surface area contributed by atoms with E-state index in [1.807, 2.05) is 12.1 Å². The van der Waals surface area contributed by atoms with Crippen LogP contribution in [0.1, 0.15) is 0 Å². The van der Waals surface area contributed by atoms with Gasteiger partial charge in [-0.1, -0.05) is 11.3 Å². The SMILES string of the molecule is COc1cc(SCCO)cc2sc(N)nc12. The highest BCUT2D eigenvalue weighted by molar-refractivity contribution is 7.99. The standard InChI is InChI=1S/C10H12N2O2S2/c1-14-7-4-6(15-3-2-13)5-8-9(7)12-10(11)16-8/h4-5,13H,2-3H2,1H3,(H2,11,12). The van der Waals surface area contributed by atoms with Gasteiger partial charge in [0.15, 0.2) is 5.13 Å². The minimum atomic E-state index is 0.163. The Morgan fingerprint density at radius 2 is 2.38 bits per heavy atom. The Kier molecular flexibility index (Phi) is 3.52. The van der Waals surface area contributed by atoms with E-state index in [1.54, 1.807) is 18.9 Å². The maximum absolute atomic E-state index is 8.79. The van der Waals surface area contributed by atoms with Gasteiger partial charge in [0.1, 0.15) is 11.3 Å². The van der Waals surface area contributed by atoms with E-state index in [4.69, 9.17) is 15.6 Å². The first-order valence-corrected chi connectivity index (χ1v) is 6.52. The zero-order chi connectivity index (χ0) is 11.5. The Balaban J connectivity index is 2.45. The third-order valence-electron chi connectivity index (χ3n) is 2.03. The number of rotatable bonds is 4. The highest BCUT2D eigenvalue weighted by Gasteiger charge is 2.09. The van der Waals surface area contributed by atoms with Crippen molar-refractivity contribution in [1.29, 1.82) is 0 Å². The molecule has 0 aliphatic carbocycles. The monoisotopic (exact) mass is 256 g/mol. The fraction of sp³-hybridized carbons (Fsp3) is 0.300. The first kappa shape index (κ1) is 11.5. The predicted molar refractivity (Wildman–Crippen MR) is 68.4 cm³/mol. The van der Waals surface area contributed by atoms with Gasteiger partial charge >= 0.3 is 0 Å². The molecule has 16 heavy (non-hydrogen) atoms. The van der Waals surface area contributed by atoms with Gasteiger partial charge in [-0.25, -0.2) is 4.98 Å². The number of hydrogen-bond donors (Lipinski definition) is 2. The quantitative estimate of drug-likeness (QED) is 0.819. The van der Waals surface area contributed by atoms with Crippen LogP contribution in [0.5, 0.6) is 5.75 Å². The lowest BCUT2D eigenvalue weighted by molar-refractivity contribution is 0.322. The van der Waals surface area contributed by atoms with Crippen LogP contribution in [0.4, 0.5) is 5.13 Å². The summed E-state index contributed by atoms with van der Waals surface area (Å²) in [7, 11) is 1.62. The van der Waals surface area contributed by atoms with E-state index in [9.17, 15) is 0 Å². The first-order chi connectivity index (χ1) is 7.74. The van der Waals surface area contributed by atoms with Crippen LogP contribution in [0.3, 0.4) is 0 Å². The van der Waals surface area contributed by atoms with Crippen molar-refractivity contribution < 1.29 is 9.84 Å². The van der Waals surface area contributed by atoms with Crippen molar-refractivity contribution in [2.75, 3.05) is 25.2 Å². The smallest absolute Gasteiger partial charge is 0.181 e. The number of nitrogen functional groups attached to an aromatic ring is 1. The van der Waals surface area contributed by atoms with Gasteiger partial charge in [-0.15, -0.1) is 11.8 Å². The molecule has 0 unspecified atom stereocenters. The number of benzene rings is 1. The summed E-state index contributed by atoms with van der Waals surface area (Å²) in [5.41, 5.74) is 6.47. The molecule has 0 amide bonds. The van der Waals surface area contributed by atoms with Crippen molar-refractivity contribution in [2.45, 2.75) is 4.90 Å². The van der Waals surface area contributed by atoms with E-state index in [0.717, 1.165) is 20.9 Å². The number of ether oxygens (including phenoxy) is 1. The molecule has 1 heterocycles. The van der Waals surface area contributed by atoms with Gasteiger partial charge in [0.25, 0.3) is 0 Å². The number of aliphatic hydroxyl groups excluding tert-OH is 1. The van der Waals surface area contributed by atoms with Crippen LogP contribution in [0.15, 0.2) is 17.0 Å². The summed E-state index contributed by atoms with van der Waals surface area (Å²) >= 11 is 3.02. The number of anilines is 1. The van der Waals surface area contributed by atoms with Crippen LogP contribution < -0.4 is 10.5 Å². The zero-order valence-electron chi connectivity index (χ0n) is 8.77. The van der Waals surface area contributed by atoms with Crippen molar-refractivity contribution in [3.05, 3.63) is 12.1 Å². The summed E-state index contributed by atoms with van der Waals surface area (Å²) in [6.45, 7) is 0.163. The zero-order valence-corrected chi connectivity index (χ0v) is 10.4. The fourth-order valence-electron chi connectivity index (χ4n) is 1.39. The molecule has 0 bridgehead atoms. The third kappa shape index (κ3) is 2.23. The summed E-state index contributed by atoms with van der Waals surface area (Å²) in [5, 5.41) is 9.33. The molecule has 0 saturated heterocycles. The molecule has 0 saturated carbocycles.